The van der Waals surface area contributed by atoms with E-state index in [0.717, 1.165) is 25.7 Å². The summed E-state index contributed by atoms with van der Waals surface area (Å²) in [5.41, 5.74) is 0.598. The van der Waals surface area contributed by atoms with Crippen LogP contribution in [0.4, 0.5) is 4.79 Å². The molecule has 102 valence electrons. The molecule has 0 aromatic carbocycles. The van der Waals surface area contributed by atoms with Gasteiger partial charge in [0.15, 0.2) is 0 Å². The molecule has 2 rings (SSSR count). The van der Waals surface area contributed by atoms with E-state index in [1.807, 2.05) is 0 Å². The number of rotatable bonds is 3. The molecule has 1 saturated carbocycles. The van der Waals surface area contributed by atoms with E-state index < -0.39 is 6.09 Å². The van der Waals surface area contributed by atoms with E-state index in [4.69, 9.17) is 5.11 Å². The summed E-state index contributed by atoms with van der Waals surface area (Å²) in [5, 5.41) is 14.1. The Bertz CT molecular complexity index is 442. The van der Waals surface area contributed by atoms with Crippen LogP contribution in [0.1, 0.15) is 36.0 Å². The first kappa shape index (κ1) is 13.3. The summed E-state index contributed by atoms with van der Waals surface area (Å²) < 4.78 is 0. The van der Waals surface area contributed by atoms with Crippen molar-refractivity contribution in [2.24, 2.45) is 0 Å². The number of carbonyl (C=O) groups is 2. The summed E-state index contributed by atoms with van der Waals surface area (Å²) in [6, 6.07) is 3.47. The quantitative estimate of drug-likeness (QED) is 0.768. The third-order valence-corrected chi connectivity index (χ3v) is 3.33. The second-order valence-electron chi connectivity index (χ2n) is 4.71. The van der Waals surface area contributed by atoms with Crippen molar-refractivity contribution >= 4 is 12.0 Å². The van der Waals surface area contributed by atoms with Crippen molar-refractivity contribution in [2.75, 3.05) is 0 Å². The summed E-state index contributed by atoms with van der Waals surface area (Å²) in [6.45, 7) is 0. The van der Waals surface area contributed by atoms with Crippen LogP contribution in [-0.4, -0.2) is 34.2 Å². The standard InChI is InChI=1S/C13H17N3O3/c17-12(9-5-7-14-8-6-9)15-10-1-3-11(4-2-10)16-13(18)19/h5-8,10-11,16H,1-4H2,(H,15,17)(H,18,19)/t10-,11-. The Morgan fingerprint density at radius 2 is 1.58 bits per heavy atom. The molecule has 0 atom stereocenters. The molecule has 1 aromatic rings. The zero-order valence-corrected chi connectivity index (χ0v) is 10.5. The van der Waals surface area contributed by atoms with Gasteiger partial charge in [-0.3, -0.25) is 9.78 Å². The van der Waals surface area contributed by atoms with E-state index in [2.05, 4.69) is 15.6 Å². The number of hydrogen-bond acceptors (Lipinski definition) is 3. The molecule has 1 aliphatic rings. The fourth-order valence-corrected chi connectivity index (χ4v) is 2.33. The van der Waals surface area contributed by atoms with Gasteiger partial charge in [-0.1, -0.05) is 0 Å². The summed E-state index contributed by atoms with van der Waals surface area (Å²) in [7, 11) is 0. The lowest BCUT2D eigenvalue weighted by atomic mass is 9.91. The predicted octanol–water partition coefficient (Wildman–Crippen LogP) is 1.39. The van der Waals surface area contributed by atoms with Gasteiger partial charge in [0.25, 0.3) is 5.91 Å². The molecule has 2 amide bonds. The van der Waals surface area contributed by atoms with Crippen LogP contribution in [0.15, 0.2) is 24.5 Å². The third-order valence-electron chi connectivity index (χ3n) is 3.33. The molecule has 6 heteroatoms. The first-order chi connectivity index (χ1) is 9.15. The van der Waals surface area contributed by atoms with Crippen molar-refractivity contribution in [3.05, 3.63) is 30.1 Å². The van der Waals surface area contributed by atoms with Gasteiger partial charge >= 0.3 is 6.09 Å². The minimum absolute atomic E-state index is 0.00609. The van der Waals surface area contributed by atoms with Gasteiger partial charge in [-0.25, -0.2) is 4.79 Å². The molecule has 6 nitrogen and oxygen atoms in total. The van der Waals surface area contributed by atoms with Crippen LogP contribution >= 0.6 is 0 Å². The molecule has 1 heterocycles. The summed E-state index contributed by atoms with van der Waals surface area (Å²) >= 11 is 0. The van der Waals surface area contributed by atoms with Crippen LogP contribution in [0.25, 0.3) is 0 Å². The van der Waals surface area contributed by atoms with Crippen LogP contribution in [0.3, 0.4) is 0 Å². The lowest BCUT2D eigenvalue weighted by Gasteiger charge is -2.28. The van der Waals surface area contributed by atoms with E-state index in [1.165, 1.54) is 0 Å². The van der Waals surface area contributed by atoms with E-state index in [0.29, 0.717) is 5.56 Å². The zero-order valence-electron chi connectivity index (χ0n) is 10.5. The molecular formula is C13H17N3O3. The number of pyridine rings is 1. The highest BCUT2D eigenvalue weighted by molar-refractivity contribution is 5.94. The molecule has 0 bridgehead atoms. The normalized spacial score (nSPS) is 22.5. The molecule has 19 heavy (non-hydrogen) atoms. The number of aromatic nitrogens is 1. The molecule has 0 saturated heterocycles. The maximum atomic E-state index is 11.9. The molecule has 1 fully saturated rings. The van der Waals surface area contributed by atoms with Gasteiger partial charge in [0.1, 0.15) is 0 Å². The van der Waals surface area contributed by atoms with Gasteiger partial charge in [0.2, 0.25) is 0 Å². The number of carbonyl (C=O) groups excluding carboxylic acids is 1. The van der Waals surface area contributed by atoms with Crippen LogP contribution in [0, 0.1) is 0 Å². The lowest BCUT2D eigenvalue weighted by Crippen LogP contribution is -2.43. The highest BCUT2D eigenvalue weighted by Crippen LogP contribution is 2.19. The Kier molecular flexibility index (Phi) is 4.33. The van der Waals surface area contributed by atoms with Gasteiger partial charge in [-0.05, 0) is 37.8 Å². The highest BCUT2D eigenvalue weighted by atomic mass is 16.4. The SMILES string of the molecule is O=C(O)N[C@H]1CC[C@H](NC(=O)c2ccncc2)CC1. The maximum absolute atomic E-state index is 11.9. The average molecular weight is 263 g/mol. The molecule has 1 aromatic heterocycles. The van der Waals surface area contributed by atoms with Gasteiger partial charge in [-0.15, -0.1) is 0 Å². The fourth-order valence-electron chi connectivity index (χ4n) is 2.33. The van der Waals surface area contributed by atoms with Crippen molar-refractivity contribution in [3.63, 3.8) is 0 Å². The molecule has 1 aliphatic carbocycles. The third kappa shape index (κ3) is 3.94. The summed E-state index contributed by atoms with van der Waals surface area (Å²) in [6.07, 6.45) is 5.29. The van der Waals surface area contributed by atoms with Gasteiger partial charge in [-0.2, -0.15) is 0 Å². The molecule has 0 aliphatic heterocycles. The molecule has 0 unspecified atom stereocenters. The Morgan fingerprint density at radius 1 is 1.05 bits per heavy atom. The molecular weight excluding hydrogens is 246 g/mol. The fraction of sp³-hybridized carbons (Fsp3) is 0.462. The predicted molar refractivity (Wildman–Crippen MR) is 68.9 cm³/mol. The second kappa shape index (κ2) is 6.17. The zero-order chi connectivity index (χ0) is 13.7. The van der Waals surface area contributed by atoms with E-state index in [1.54, 1.807) is 24.5 Å². The first-order valence-corrected chi connectivity index (χ1v) is 6.35. The summed E-state index contributed by atoms with van der Waals surface area (Å²) in [5.74, 6) is -0.1000. The number of nitrogens with one attached hydrogen (secondary N) is 2. The largest absolute Gasteiger partial charge is 0.465 e. The van der Waals surface area contributed by atoms with Crippen molar-refractivity contribution in [2.45, 2.75) is 37.8 Å². The van der Waals surface area contributed by atoms with Crippen molar-refractivity contribution < 1.29 is 14.7 Å². The molecule has 0 spiro atoms. The number of nitrogens with zero attached hydrogens (tertiary/aromatic N) is 1. The topological polar surface area (TPSA) is 91.3 Å². The van der Waals surface area contributed by atoms with Gasteiger partial charge < -0.3 is 15.7 Å². The van der Waals surface area contributed by atoms with E-state index in [9.17, 15) is 9.59 Å². The smallest absolute Gasteiger partial charge is 0.404 e. The van der Waals surface area contributed by atoms with Crippen molar-refractivity contribution in [1.82, 2.24) is 15.6 Å². The first-order valence-electron chi connectivity index (χ1n) is 6.35. The van der Waals surface area contributed by atoms with Crippen LogP contribution in [0.2, 0.25) is 0 Å². The van der Waals surface area contributed by atoms with Gasteiger partial charge in [0, 0.05) is 30.0 Å². The monoisotopic (exact) mass is 263 g/mol. The van der Waals surface area contributed by atoms with Crippen LogP contribution < -0.4 is 10.6 Å². The average Bonchev–Trinajstić information content (AvgIpc) is 2.41. The Balaban J connectivity index is 1.80. The summed E-state index contributed by atoms with van der Waals surface area (Å²) in [4.78, 5) is 26.3. The van der Waals surface area contributed by atoms with Crippen molar-refractivity contribution in [3.8, 4) is 0 Å². The number of hydrogen-bond donors (Lipinski definition) is 3. The van der Waals surface area contributed by atoms with E-state index in [-0.39, 0.29) is 18.0 Å². The van der Waals surface area contributed by atoms with Gasteiger partial charge in [0.05, 0.1) is 0 Å². The molecule has 0 radical (unpaired) electrons. The minimum atomic E-state index is -0.982. The van der Waals surface area contributed by atoms with E-state index >= 15 is 0 Å². The number of amides is 2. The van der Waals surface area contributed by atoms with Crippen LogP contribution in [-0.2, 0) is 0 Å². The lowest BCUT2D eigenvalue weighted by molar-refractivity contribution is 0.0923. The molecule has 3 N–H and O–H groups in total. The second-order valence-corrected chi connectivity index (χ2v) is 4.71. The van der Waals surface area contributed by atoms with Crippen LogP contribution in [0.5, 0.6) is 0 Å². The number of carboxylic acid groups (broad SMARTS) is 1. The minimum Gasteiger partial charge on any atom is -0.465 e. The highest BCUT2D eigenvalue weighted by Gasteiger charge is 2.23. The Morgan fingerprint density at radius 3 is 2.11 bits per heavy atom. The Labute approximate surface area is 111 Å². The Hall–Kier alpha value is -2.11. The van der Waals surface area contributed by atoms with Crippen molar-refractivity contribution in [1.29, 1.82) is 0 Å². The maximum Gasteiger partial charge on any atom is 0.404 e.